The first-order valence-corrected chi connectivity index (χ1v) is 8.38. The van der Waals surface area contributed by atoms with Gasteiger partial charge in [0.1, 0.15) is 6.61 Å². The van der Waals surface area contributed by atoms with Crippen molar-refractivity contribution in [1.29, 1.82) is 0 Å². The Hall–Kier alpha value is -3.15. The number of nitrogens with zero attached hydrogens (tertiary/aromatic N) is 1. The van der Waals surface area contributed by atoms with E-state index < -0.39 is 18.2 Å². The highest BCUT2D eigenvalue weighted by molar-refractivity contribution is 5.93. The molecule has 0 radical (unpaired) electrons. The Balaban J connectivity index is 1.56. The van der Waals surface area contributed by atoms with E-state index in [1.165, 1.54) is 4.90 Å². The minimum absolute atomic E-state index is 0.00499. The van der Waals surface area contributed by atoms with Gasteiger partial charge in [-0.1, -0.05) is 48.5 Å². The Morgan fingerprint density at radius 1 is 1.00 bits per heavy atom. The van der Waals surface area contributed by atoms with Gasteiger partial charge >= 0.3 is 12.1 Å². The molecule has 1 aliphatic rings. The molecule has 134 valence electrons. The Bertz CT molecular complexity index is 775. The number of Topliss-reactive ketones (excluding diaryl/α,β-unsaturated/α-hetero) is 1. The van der Waals surface area contributed by atoms with Crippen molar-refractivity contribution in [2.45, 2.75) is 19.1 Å². The zero-order valence-corrected chi connectivity index (χ0v) is 14.2. The van der Waals surface area contributed by atoms with Crippen LogP contribution >= 0.6 is 0 Å². The molecule has 1 heterocycles. The molecule has 1 atom stereocenters. The highest BCUT2D eigenvalue weighted by Gasteiger charge is 2.33. The highest BCUT2D eigenvalue weighted by atomic mass is 16.6. The van der Waals surface area contributed by atoms with Crippen LogP contribution in [-0.4, -0.2) is 41.9 Å². The molecule has 1 unspecified atom stereocenters. The van der Waals surface area contributed by atoms with Crippen molar-refractivity contribution in [3.8, 4) is 0 Å². The molecule has 1 amide bonds. The van der Waals surface area contributed by atoms with Gasteiger partial charge in [-0.25, -0.2) is 9.59 Å². The van der Waals surface area contributed by atoms with E-state index in [4.69, 9.17) is 9.47 Å². The summed E-state index contributed by atoms with van der Waals surface area (Å²) in [5, 5.41) is 0. The van der Waals surface area contributed by atoms with Crippen LogP contribution in [0.1, 0.15) is 22.3 Å². The molecule has 0 spiro atoms. The zero-order chi connectivity index (χ0) is 18.4. The molecule has 0 aromatic heterocycles. The van der Waals surface area contributed by atoms with Gasteiger partial charge in [0.25, 0.3) is 0 Å². The first-order chi connectivity index (χ1) is 12.6. The number of carbonyl (C=O) groups is 3. The fourth-order valence-corrected chi connectivity index (χ4v) is 2.65. The van der Waals surface area contributed by atoms with Crippen LogP contribution in [-0.2, 0) is 20.9 Å². The lowest BCUT2D eigenvalue weighted by atomic mass is 10.1. The Morgan fingerprint density at radius 2 is 1.65 bits per heavy atom. The number of esters is 1. The summed E-state index contributed by atoms with van der Waals surface area (Å²) < 4.78 is 10.6. The van der Waals surface area contributed by atoms with Gasteiger partial charge in [0.2, 0.25) is 0 Å². The molecule has 6 heteroatoms. The van der Waals surface area contributed by atoms with Gasteiger partial charge in [0.15, 0.2) is 11.9 Å². The second-order valence-corrected chi connectivity index (χ2v) is 5.96. The van der Waals surface area contributed by atoms with E-state index in [-0.39, 0.29) is 31.9 Å². The number of hydrogen-bond donors (Lipinski definition) is 0. The first-order valence-electron chi connectivity index (χ1n) is 8.38. The van der Waals surface area contributed by atoms with Crippen molar-refractivity contribution in [3.63, 3.8) is 0 Å². The molecule has 0 saturated carbocycles. The third-order valence-corrected chi connectivity index (χ3v) is 4.10. The molecule has 1 aliphatic heterocycles. The smallest absolute Gasteiger partial charge is 0.410 e. The normalized spacial score (nSPS) is 16.8. The minimum Gasteiger partial charge on any atom is -0.449 e. The first kappa shape index (κ1) is 17.7. The van der Waals surface area contributed by atoms with Crippen LogP contribution in [0.25, 0.3) is 0 Å². The number of hydrogen-bond acceptors (Lipinski definition) is 5. The predicted octanol–water partition coefficient (Wildman–Crippen LogP) is 2.82. The fourth-order valence-electron chi connectivity index (χ4n) is 2.65. The Labute approximate surface area is 151 Å². The summed E-state index contributed by atoms with van der Waals surface area (Å²) in [6, 6.07) is 17.8. The van der Waals surface area contributed by atoms with Crippen LogP contribution < -0.4 is 0 Å². The largest absolute Gasteiger partial charge is 0.449 e. The maximum absolute atomic E-state index is 12.2. The number of carbonyl (C=O) groups excluding carboxylic acids is 3. The predicted molar refractivity (Wildman–Crippen MR) is 93.5 cm³/mol. The van der Waals surface area contributed by atoms with Crippen LogP contribution in [0.4, 0.5) is 4.79 Å². The molecule has 0 N–H and O–H groups in total. The third kappa shape index (κ3) is 4.47. The molecule has 26 heavy (non-hydrogen) atoms. The molecule has 1 fully saturated rings. The van der Waals surface area contributed by atoms with Crippen LogP contribution in [0.5, 0.6) is 0 Å². The summed E-state index contributed by atoms with van der Waals surface area (Å²) >= 11 is 0. The third-order valence-electron chi connectivity index (χ3n) is 4.10. The molecular weight excluding hydrogens is 334 g/mol. The quantitative estimate of drug-likeness (QED) is 0.790. The number of ketones is 1. The minimum atomic E-state index is -0.972. The summed E-state index contributed by atoms with van der Waals surface area (Å²) in [6.45, 7) is 0.412. The van der Waals surface area contributed by atoms with Gasteiger partial charge in [-0.05, 0) is 17.7 Å². The molecule has 2 aromatic rings. The van der Waals surface area contributed by atoms with Crippen molar-refractivity contribution in [3.05, 3.63) is 71.8 Å². The molecule has 0 aliphatic carbocycles. The monoisotopic (exact) mass is 353 g/mol. The summed E-state index contributed by atoms with van der Waals surface area (Å²) in [5.74, 6) is -0.773. The van der Waals surface area contributed by atoms with Crippen LogP contribution in [0.2, 0.25) is 0 Å². The van der Waals surface area contributed by atoms with Crippen molar-refractivity contribution in [2.75, 3.05) is 13.1 Å². The number of piperidine rings is 1. The number of rotatable bonds is 4. The van der Waals surface area contributed by atoms with E-state index in [9.17, 15) is 14.4 Å². The molecule has 3 rings (SSSR count). The molecule has 1 saturated heterocycles. The molecule has 2 aromatic carbocycles. The summed E-state index contributed by atoms with van der Waals surface area (Å²) in [6.07, 6.45) is -1.37. The molecule has 0 bridgehead atoms. The van der Waals surface area contributed by atoms with E-state index in [2.05, 4.69) is 0 Å². The maximum atomic E-state index is 12.2. The van der Waals surface area contributed by atoms with Gasteiger partial charge < -0.3 is 14.4 Å². The number of likely N-dealkylation sites (tertiary alicyclic amines) is 1. The van der Waals surface area contributed by atoms with Crippen molar-refractivity contribution in [1.82, 2.24) is 4.90 Å². The number of amides is 1. The summed E-state index contributed by atoms with van der Waals surface area (Å²) in [4.78, 5) is 37.8. The van der Waals surface area contributed by atoms with E-state index >= 15 is 0 Å². The van der Waals surface area contributed by atoms with Gasteiger partial charge in [0.05, 0.1) is 12.1 Å². The lowest BCUT2D eigenvalue weighted by Crippen LogP contribution is -2.48. The van der Waals surface area contributed by atoms with Gasteiger partial charge in [-0.3, -0.25) is 4.79 Å². The van der Waals surface area contributed by atoms with Gasteiger partial charge in [-0.2, -0.15) is 0 Å². The van der Waals surface area contributed by atoms with Crippen molar-refractivity contribution >= 4 is 17.8 Å². The van der Waals surface area contributed by atoms with E-state index in [1.807, 2.05) is 30.3 Å². The summed E-state index contributed by atoms with van der Waals surface area (Å²) in [5.41, 5.74) is 1.24. The summed E-state index contributed by atoms with van der Waals surface area (Å²) in [7, 11) is 0. The second-order valence-electron chi connectivity index (χ2n) is 5.96. The second kappa shape index (κ2) is 8.29. The van der Waals surface area contributed by atoms with Gasteiger partial charge in [0, 0.05) is 13.0 Å². The Kier molecular flexibility index (Phi) is 5.63. The number of ether oxygens (including phenoxy) is 2. The molecular formula is C20H19NO5. The SMILES string of the molecule is O=C(OC1CN(C(=O)OCc2ccccc2)CCC1=O)c1ccccc1. The highest BCUT2D eigenvalue weighted by Crippen LogP contribution is 2.14. The van der Waals surface area contributed by atoms with Crippen LogP contribution in [0, 0.1) is 0 Å². The van der Waals surface area contributed by atoms with Crippen LogP contribution in [0.3, 0.4) is 0 Å². The Morgan fingerprint density at radius 3 is 2.35 bits per heavy atom. The standard InChI is InChI=1S/C20H19NO5/c22-17-11-12-21(20(24)25-14-15-7-3-1-4-8-15)13-18(17)26-19(23)16-9-5-2-6-10-16/h1-10,18H,11-14H2. The maximum Gasteiger partial charge on any atom is 0.410 e. The topological polar surface area (TPSA) is 72.9 Å². The average Bonchev–Trinajstić information content (AvgIpc) is 2.69. The van der Waals surface area contributed by atoms with E-state index in [0.29, 0.717) is 5.56 Å². The number of benzene rings is 2. The lowest BCUT2D eigenvalue weighted by Gasteiger charge is -2.30. The van der Waals surface area contributed by atoms with Crippen molar-refractivity contribution in [2.24, 2.45) is 0 Å². The average molecular weight is 353 g/mol. The van der Waals surface area contributed by atoms with E-state index in [0.717, 1.165) is 5.56 Å². The van der Waals surface area contributed by atoms with Crippen molar-refractivity contribution < 1.29 is 23.9 Å². The van der Waals surface area contributed by atoms with Gasteiger partial charge in [-0.15, -0.1) is 0 Å². The van der Waals surface area contributed by atoms with Crippen LogP contribution in [0.15, 0.2) is 60.7 Å². The zero-order valence-electron chi connectivity index (χ0n) is 14.2. The van der Waals surface area contributed by atoms with E-state index in [1.54, 1.807) is 30.3 Å². The molecule has 6 nitrogen and oxygen atoms in total. The lowest BCUT2D eigenvalue weighted by molar-refractivity contribution is -0.131. The fraction of sp³-hybridized carbons (Fsp3) is 0.250.